The molecular weight excluding hydrogens is 270 g/mol. The van der Waals surface area contributed by atoms with Crippen LogP contribution in [0.4, 0.5) is 5.82 Å². The van der Waals surface area contributed by atoms with Gasteiger partial charge in [0.2, 0.25) is 0 Å². The predicted octanol–water partition coefficient (Wildman–Crippen LogP) is 1.96. The molecule has 2 heterocycles. The molecule has 6 heteroatoms. The van der Waals surface area contributed by atoms with Gasteiger partial charge in [-0.25, -0.2) is 4.98 Å². The number of rotatable bonds is 6. The highest BCUT2D eigenvalue weighted by atomic mass is 16.4. The SMILES string of the molecule is CC(C)Nc1ncccc1C(=O)NCC(O)c1ccco1. The van der Waals surface area contributed by atoms with E-state index in [9.17, 15) is 9.90 Å². The summed E-state index contributed by atoms with van der Waals surface area (Å²) in [4.78, 5) is 16.4. The molecule has 1 unspecified atom stereocenters. The van der Waals surface area contributed by atoms with E-state index in [4.69, 9.17) is 4.42 Å². The summed E-state index contributed by atoms with van der Waals surface area (Å²) < 4.78 is 5.08. The van der Waals surface area contributed by atoms with Crippen LogP contribution in [0.1, 0.15) is 36.1 Å². The number of anilines is 1. The van der Waals surface area contributed by atoms with Crippen LogP contribution in [0.3, 0.4) is 0 Å². The molecule has 0 aromatic carbocycles. The van der Waals surface area contributed by atoms with Crippen LogP contribution >= 0.6 is 0 Å². The number of nitrogens with one attached hydrogen (secondary N) is 2. The summed E-state index contributed by atoms with van der Waals surface area (Å²) >= 11 is 0. The van der Waals surface area contributed by atoms with Crippen molar-refractivity contribution in [2.75, 3.05) is 11.9 Å². The molecule has 2 aromatic rings. The molecule has 2 rings (SSSR count). The number of aliphatic hydroxyl groups is 1. The van der Waals surface area contributed by atoms with E-state index in [0.717, 1.165) is 0 Å². The lowest BCUT2D eigenvalue weighted by atomic mass is 10.2. The van der Waals surface area contributed by atoms with Crippen molar-refractivity contribution in [3.63, 3.8) is 0 Å². The molecule has 1 atom stereocenters. The van der Waals surface area contributed by atoms with Crippen LogP contribution in [0.5, 0.6) is 0 Å². The molecule has 0 aliphatic rings. The van der Waals surface area contributed by atoms with Crippen molar-refractivity contribution < 1.29 is 14.3 Å². The Balaban J connectivity index is 2.00. The number of amides is 1. The number of aliphatic hydroxyl groups excluding tert-OH is 1. The predicted molar refractivity (Wildman–Crippen MR) is 79.0 cm³/mol. The molecule has 6 nitrogen and oxygen atoms in total. The van der Waals surface area contributed by atoms with Crippen molar-refractivity contribution in [1.82, 2.24) is 10.3 Å². The van der Waals surface area contributed by atoms with Crippen molar-refractivity contribution in [3.05, 3.63) is 48.0 Å². The highest BCUT2D eigenvalue weighted by Crippen LogP contribution is 2.14. The lowest BCUT2D eigenvalue weighted by Crippen LogP contribution is -2.29. The largest absolute Gasteiger partial charge is 0.467 e. The van der Waals surface area contributed by atoms with Gasteiger partial charge in [-0.2, -0.15) is 0 Å². The van der Waals surface area contributed by atoms with Crippen molar-refractivity contribution in [2.24, 2.45) is 0 Å². The lowest BCUT2D eigenvalue weighted by molar-refractivity contribution is 0.0901. The number of hydrogen-bond acceptors (Lipinski definition) is 5. The average molecular weight is 289 g/mol. The zero-order valence-electron chi connectivity index (χ0n) is 12.0. The Hall–Kier alpha value is -2.34. The van der Waals surface area contributed by atoms with Gasteiger partial charge in [-0.15, -0.1) is 0 Å². The maximum atomic E-state index is 12.2. The minimum atomic E-state index is -0.873. The van der Waals surface area contributed by atoms with Crippen LogP contribution in [0.2, 0.25) is 0 Å². The van der Waals surface area contributed by atoms with Gasteiger partial charge < -0.3 is 20.2 Å². The number of hydrogen-bond donors (Lipinski definition) is 3. The molecule has 0 fully saturated rings. The summed E-state index contributed by atoms with van der Waals surface area (Å²) in [5.41, 5.74) is 0.442. The van der Waals surface area contributed by atoms with Crippen LogP contribution in [0, 0.1) is 0 Å². The summed E-state index contributed by atoms with van der Waals surface area (Å²) in [5, 5.41) is 15.7. The van der Waals surface area contributed by atoms with E-state index >= 15 is 0 Å². The second kappa shape index (κ2) is 6.90. The Morgan fingerprint density at radius 1 is 1.38 bits per heavy atom. The van der Waals surface area contributed by atoms with Gasteiger partial charge in [0, 0.05) is 12.2 Å². The fraction of sp³-hybridized carbons (Fsp3) is 0.333. The van der Waals surface area contributed by atoms with Crippen LogP contribution in [-0.4, -0.2) is 28.6 Å². The number of carbonyl (C=O) groups excluding carboxylic acids is 1. The van der Waals surface area contributed by atoms with Gasteiger partial charge in [-0.3, -0.25) is 4.79 Å². The van der Waals surface area contributed by atoms with E-state index in [0.29, 0.717) is 17.1 Å². The van der Waals surface area contributed by atoms with Crippen LogP contribution < -0.4 is 10.6 Å². The number of carbonyl (C=O) groups is 1. The van der Waals surface area contributed by atoms with Gasteiger partial charge in [0.15, 0.2) is 0 Å². The molecule has 0 saturated carbocycles. The number of furan rings is 1. The second-order valence-corrected chi connectivity index (χ2v) is 4.94. The third-order valence-corrected chi connectivity index (χ3v) is 2.81. The summed E-state index contributed by atoms with van der Waals surface area (Å²) in [6.07, 6.45) is 2.23. The Labute approximate surface area is 123 Å². The highest BCUT2D eigenvalue weighted by molar-refractivity contribution is 5.98. The number of pyridine rings is 1. The smallest absolute Gasteiger partial charge is 0.255 e. The Morgan fingerprint density at radius 2 is 2.19 bits per heavy atom. The fourth-order valence-electron chi connectivity index (χ4n) is 1.84. The molecule has 0 bridgehead atoms. The number of nitrogens with zero attached hydrogens (tertiary/aromatic N) is 1. The zero-order valence-corrected chi connectivity index (χ0v) is 12.0. The first kappa shape index (κ1) is 15.1. The van der Waals surface area contributed by atoms with Crippen molar-refractivity contribution >= 4 is 11.7 Å². The summed E-state index contributed by atoms with van der Waals surface area (Å²) in [7, 11) is 0. The van der Waals surface area contributed by atoms with Crippen LogP contribution in [0.25, 0.3) is 0 Å². The average Bonchev–Trinajstić information content (AvgIpc) is 2.98. The normalized spacial score (nSPS) is 12.2. The second-order valence-electron chi connectivity index (χ2n) is 4.94. The maximum absolute atomic E-state index is 12.2. The third kappa shape index (κ3) is 4.06. The van der Waals surface area contributed by atoms with Gasteiger partial charge in [0.1, 0.15) is 17.7 Å². The summed E-state index contributed by atoms with van der Waals surface area (Å²) in [5.74, 6) is 0.649. The van der Waals surface area contributed by atoms with E-state index in [1.165, 1.54) is 6.26 Å². The van der Waals surface area contributed by atoms with Gasteiger partial charge >= 0.3 is 0 Å². The van der Waals surface area contributed by atoms with E-state index in [2.05, 4.69) is 15.6 Å². The molecule has 21 heavy (non-hydrogen) atoms. The molecule has 0 aliphatic heterocycles. The monoisotopic (exact) mass is 289 g/mol. The fourth-order valence-corrected chi connectivity index (χ4v) is 1.84. The van der Waals surface area contributed by atoms with Gasteiger partial charge in [-0.05, 0) is 38.1 Å². The first-order chi connectivity index (χ1) is 10.1. The Morgan fingerprint density at radius 3 is 2.86 bits per heavy atom. The molecule has 0 aliphatic carbocycles. The third-order valence-electron chi connectivity index (χ3n) is 2.81. The van der Waals surface area contributed by atoms with E-state index in [-0.39, 0.29) is 18.5 Å². The highest BCUT2D eigenvalue weighted by Gasteiger charge is 2.16. The molecule has 0 radical (unpaired) electrons. The minimum Gasteiger partial charge on any atom is -0.467 e. The molecule has 1 amide bonds. The van der Waals surface area contributed by atoms with E-state index in [1.807, 2.05) is 13.8 Å². The molecule has 112 valence electrons. The quantitative estimate of drug-likeness (QED) is 0.756. The Kier molecular flexibility index (Phi) is 4.94. The zero-order chi connectivity index (χ0) is 15.2. The first-order valence-corrected chi connectivity index (χ1v) is 6.79. The molecule has 0 spiro atoms. The molecular formula is C15H19N3O3. The van der Waals surface area contributed by atoms with Crippen molar-refractivity contribution in [2.45, 2.75) is 26.0 Å². The van der Waals surface area contributed by atoms with Crippen molar-refractivity contribution in [1.29, 1.82) is 0 Å². The standard InChI is InChI=1S/C15H19N3O3/c1-10(2)18-14-11(5-3-7-16-14)15(20)17-9-12(19)13-6-4-8-21-13/h3-8,10,12,19H,9H2,1-2H3,(H,16,18)(H,17,20). The topological polar surface area (TPSA) is 87.4 Å². The first-order valence-electron chi connectivity index (χ1n) is 6.79. The van der Waals surface area contributed by atoms with E-state index < -0.39 is 6.10 Å². The van der Waals surface area contributed by atoms with Crippen LogP contribution in [0.15, 0.2) is 41.1 Å². The summed E-state index contributed by atoms with van der Waals surface area (Å²) in [6.45, 7) is 4.01. The maximum Gasteiger partial charge on any atom is 0.255 e. The molecule has 0 saturated heterocycles. The van der Waals surface area contributed by atoms with Gasteiger partial charge in [0.25, 0.3) is 5.91 Å². The van der Waals surface area contributed by atoms with E-state index in [1.54, 1.807) is 30.5 Å². The van der Waals surface area contributed by atoms with Gasteiger partial charge in [0.05, 0.1) is 18.4 Å². The minimum absolute atomic E-state index is 0.0718. The summed E-state index contributed by atoms with van der Waals surface area (Å²) in [6, 6.07) is 6.90. The molecule has 3 N–H and O–H groups in total. The Bertz CT molecular complexity index is 582. The van der Waals surface area contributed by atoms with Gasteiger partial charge in [-0.1, -0.05) is 0 Å². The van der Waals surface area contributed by atoms with Crippen molar-refractivity contribution in [3.8, 4) is 0 Å². The lowest BCUT2D eigenvalue weighted by Gasteiger charge is -2.14. The van der Waals surface area contributed by atoms with Crippen LogP contribution in [-0.2, 0) is 0 Å². The number of aromatic nitrogens is 1. The molecule has 2 aromatic heterocycles.